The van der Waals surface area contributed by atoms with Gasteiger partial charge in [0.25, 0.3) is 0 Å². The molecule has 0 bridgehead atoms. The lowest BCUT2D eigenvalue weighted by Gasteiger charge is -2.14. The molecule has 0 amide bonds. The molecule has 0 atom stereocenters. The monoisotopic (exact) mass is 706 g/mol. The van der Waals surface area contributed by atoms with Gasteiger partial charge in [-0.1, -0.05) is 78.9 Å². The number of hydrogen-bond donors (Lipinski definition) is 0. The van der Waals surface area contributed by atoms with Crippen LogP contribution in [0.1, 0.15) is 0 Å². The summed E-state index contributed by atoms with van der Waals surface area (Å²) in [6.07, 6.45) is 0. The van der Waals surface area contributed by atoms with Crippen molar-refractivity contribution in [2.45, 2.75) is 0 Å². The van der Waals surface area contributed by atoms with Crippen molar-refractivity contribution in [3.05, 3.63) is 181 Å². The number of aromatic nitrogens is 3. The molecule has 0 aliphatic heterocycles. The van der Waals surface area contributed by atoms with Crippen LogP contribution in [-0.4, -0.2) is 13.7 Å². The van der Waals surface area contributed by atoms with Crippen LogP contribution in [0.3, 0.4) is 0 Å². The van der Waals surface area contributed by atoms with E-state index >= 15 is 0 Å². The van der Waals surface area contributed by atoms with Crippen molar-refractivity contribution in [2.75, 3.05) is 0 Å². The summed E-state index contributed by atoms with van der Waals surface area (Å²) in [7, 11) is 0. The minimum Gasteiger partial charge on any atom is -0.454 e. The number of fused-ring (bicyclic) bond motifs is 12. The smallest absolute Gasteiger partial charge is 0.188 e. The van der Waals surface area contributed by atoms with Crippen molar-refractivity contribution in [3.63, 3.8) is 0 Å². The van der Waals surface area contributed by atoms with E-state index in [-0.39, 0.29) is 5.82 Å². The fourth-order valence-electron chi connectivity index (χ4n) is 8.98. The van der Waals surface area contributed by atoms with E-state index in [2.05, 4.69) is 140 Å². The number of nitrogens with zero attached hydrogens (tertiary/aromatic N) is 4. The zero-order valence-corrected chi connectivity index (χ0v) is 29.2. The van der Waals surface area contributed by atoms with Gasteiger partial charge in [0.05, 0.1) is 45.4 Å². The molecule has 0 N–H and O–H groups in total. The molecule has 0 unspecified atom stereocenters. The highest BCUT2D eigenvalue weighted by molar-refractivity contribution is 6.15. The van der Waals surface area contributed by atoms with Gasteiger partial charge >= 0.3 is 0 Å². The molecule has 55 heavy (non-hydrogen) atoms. The molecule has 5 nitrogen and oxygen atoms in total. The number of furan rings is 1. The molecule has 0 saturated carbocycles. The average molecular weight is 707 g/mol. The molecule has 0 aliphatic carbocycles. The highest BCUT2D eigenvalue weighted by Crippen LogP contribution is 2.43. The van der Waals surface area contributed by atoms with Gasteiger partial charge in [-0.3, -0.25) is 0 Å². The Balaban J connectivity index is 1.22. The van der Waals surface area contributed by atoms with Crippen molar-refractivity contribution in [1.82, 2.24) is 13.7 Å². The first-order chi connectivity index (χ1) is 27.1. The van der Waals surface area contributed by atoms with Gasteiger partial charge in [0.2, 0.25) is 0 Å². The largest absolute Gasteiger partial charge is 0.454 e. The van der Waals surface area contributed by atoms with Crippen LogP contribution in [-0.2, 0) is 0 Å². The Morgan fingerprint density at radius 1 is 0.418 bits per heavy atom. The predicted molar refractivity (Wildman–Crippen MR) is 223 cm³/mol. The van der Waals surface area contributed by atoms with E-state index in [0.29, 0.717) is 5.69 Å². The first-order valence-corrected chi connectivity index (χ1v) is 18.2. The molecule has 4 aromatic heterocycles. The summed E-state index contributed by atoms with van der Waals surface area (Å²) >= 11 is 0. The Labute approximate surface area is 312 Å². The Morgan fingerprint density at radius 2 is 0.927 bits per heavy atom. The van der Waals surface area contributed by atoms with E-state index < -0.39 is 0 Å². The van der Waals surface area contributed by atoms with Crippen molar-refractivity contribution in [2.24, 2.45) is 0 Å². The Bertz CT molecular complexity index is 3540. The van der Waals surface area contributed by atoms with Crippen molar-refractivity contribution >= 4 is 93.0 Å². The molecule has 0 aliphatic rings. The fourth-order valence-corrected chi connectivity index (χ4v) is 8.98. The Kier molecular flexibility index (Phi) is 5.96. The van der Waals surface area contributed by atoms with E-state index in [9.17, 15) is 4.39 Å². The standard InChI is InChI=1S/C49H27FN4O/c1-51-30-19-22-46-38(25-30)37-24-29(50)18-21-45(37)52(46)31-20-23-48-39(26-31)40-27-32(53-41-14-6-2-10-33(41)34-11-3-7-15-42(34)53)28-47(49(40)55-48)54-43-16-8-4-12-35(43)36-13-5-9-17-44(36)54/h2-28H. The van der Waals surface area contributed by atoms with Crippen LogP contribution in [0, 0.1) is 12.4 Å². The molecule has 4 heterocycles. The molecule has 0 fully saturated rings. The summed E-state index contributed by atoms with van der Waals surface area (Å²) in [4.78, 5) is 3.66. The SMILES string of the molecule is [C-]#[N+]c1ccc2c(c1)c1cc(F)ccc1n2-c1ccc2oc3c(-n4c5ccccc5c5ccccc54)cc(-n4c5ccccc5c5ccccc54)cc3c2c1. The van der Waals surface area contributed by atoms with Crippen molar-refractivity contribution < 1.29 is 8.81 Å². The Morgan fingerprint density at radius 3 is 1.55 bits per heavy atom. The summed E-state index contributed by atoms with van der Waals surface area (Å²) < 4.78 is 28.5. The molecule has 6 heteroatoms. The molecule has 256 valence electrons. The minimum atomic E-state index is -0.314. The maximum atomic E-state index is 14.7. The van der Waals surface area contributed by atoms with Gasteiger partial charge < -0.3 is 18.1 Å². The van der Waals surface area contributed by atoms with E-state index in [1.807, 2.05) is 30.3 Å². The number of para-hydroxylation sites is 4. The molecule has 0 spiro atoms. The van der Waals surface area contributed by atoms with E-state index in [1.165, 1.54) is 27.6 Å². The van der Waals surface area contributed by atoms with Gasteiger partial charge in [-0.2, -0.15) is 0 Å². The minimum absolute atomic E-state index is 0.314. The zero-order chi connectivity index (χ0) is 36.4. The van der Waals surface area contributed by atoms with Gasteiger partial charge in [-0.05, 0) is 90.3 Å². The third kappa shape index (κ3) is 4.09. The lowest BCUT2D eigenvalue weighted by atomic mass is 10.1. The second kappa shape index (κ2) is 11.0. The van der Waals surface area contributed by atoms with Crippen molar-refractivity contribution in [3.8, 4) is 17.1 Å². The second-order valence-electron chi connectivity index (χ2n) is 14.2. The predicted octanol–water partition coefficient (Wildman–Crippen LogP) is 13.6. The van der Waals surface area contributed by atoms with Gasteiger partial charge in [-0.15, -0.1) is 0 Å². The summed E-state index contributed by atoms with van der Waals surface area (Å²) in [6.45, 7) is 7.64. The van der Waals surface area contributed by atoms with E-state index in [4.69, 9.17) is 11.0 Å². The number of benzene rings is 8. The average Bonchev–Trinajstić information content (AvgIpc) is 3.96. The van der Waals surface area contributed by atoms with Gasteiger partial charge in [0.15, 0.2) is 11.3 Å². The van der Waals surface area contributed by atoms with Crippen LogP contribution >= 0.6 is 0 Å². The number of rotatable bonds is 3. The topological polar surface area (TPSA) is 32.3 Å². The molecular formula is C49H27FN4O. The second-order valence-corrected chi connectivity index (χ2v) is 14.2. The lowest BCUT2D eigenvalue weighted by Crippen LogP contribution is -1.99. The van der Waals surface area contributed by atoms with Gasteiger partial charge in [0.1, 0.15) is 11.4 Å². The quantitative estimate of drug-likeness (QED) is 0.168. The van der Waals surface area contributed by atoms with E-state index in [1.54, 1.807) is 6.07 Å². The summed E-state index contributed by atoms with van der Waals surface area (Å²) in [5.41, 5.74) is 11.2. The highest BCUT2D eigenvalue weighted by Gasteiger charge is 2.22. The number of halogens is 1. The fraction of sp³-hybridized carbons (Fsp3) is 0. The molecule has 12 rings (SSSR count). The van der Waals surface area contributed by atoms with E-state index in [0.717, 1.165) is 82.9 Å². The maximum absolute atomic E-state index is 14.7. The van der Waals surface area contributed by atoms with Crippen LogP contribution in [0.15, 0.2) is 168 Å². The van der Waals surface area contributed by atoms with Crippen LogP contribution in [0.2, 0.25) is 0 Å². The zero-order valence-electron chi connectivity index (χ0n) is 29.2. The van der Waals surface area contributed by atoms with Gasteiger partial charge in [-0.25, -0.2) is 9.24 Å². The summed E-state index contributed by atoms with van der Waals surface area (Å²) in [6, 6.07) is 55.6. The third-order valence-electron chi connectivity index (χ3n) is 11.3. The Hall–Kier alpha value is -7.62. The number of hydrogen-bond acceptors (Lipinski definition) is 1. The molecular weight excluding hydrogens is 680 g/mol. The van der Waals surface area contributed by atoms with Gasteiger partial charge in [0, 0.05) is 49.1 Å². The summed E-state index contributed by atoms with van der Waals surface area (Å²) in [5, 5.41) is 8.29. The maximum Gasteiger partial charge on any atom is 0.188 e. The highest BCUT2D eigenvalue weighted by atomic mass is 19.1. The van der Waals surface area contributed by atoms with Crippen LogP contribution in [0.25, 0.3) is 109 Å². The first kappa shape index (κ1) is 29.9. The van der Waals surface area contributed by atoms with Crippen LogP contribution in [0.5, 0.6) is 0 Å². The van der Waals surface area contributed by atoms with Crippen molar-refractivity contribution in [1.29, 1.82) is 0 Å². The lowest BCUT2D eigenvalue weighted by molar-refractivity contribution is 0.629. The molecule has 0 radical (unpaired) electrons. The third-order valence-corrected chi connectivity index (χ3v) is 11.3. The normalized spacial score (nSPS) is 12.1. The first-order valence-electron chi connectivity index (χ1n) is 18.2. The molecule has 0 saturated heterocycles. The summed E-state index contributed by atoms with van der Waals surface area (Å²) in [5.74, 6) is -0.314. The molecule has 12 aromatic rings. The molecule has 8 aromatic carbocycles. The van der Waals surface area contributed by atoms with Crippen LogP contribution < -0.4 is 0 Å². The van der Waals surface area contributed by atoms with Crippen LogP contribution in [0.4, 0.5) is 10.1 Å².